The fourth-order valence-electron chi connectivity index (χ4n) is 8.47. The van der Waals surface area contributed by atoms with Crippen molar-refractivity contribution in [3.05, 3.63) is 71.8 Å². The van der Waals surface area contributed by atoms with Crippen LogP contribution in [0.15, 0.2) is 60.7 Å². The van der Waals surface area contributed by atoms with E-state index in [4.69, 9.17) is 23.1 Å². The fraction of sp³-hybridized carbons (Fsp3) is 0.692. The first kappa shape index (κ1) is 37.4. The number of fused-ring (bicyclic) bond motifs is 4. The molecule has 9 heteroatoms. The van der Waals surface area contributed by atoms with Crippen molar-refractivity contribution >= 4 is 10.1 Å². The summed E-state index contributed by atoms with van der Waals surface area (Å²) in [5, 5.41) is 9.80. The smallest absolute Gasteiger partial charge is 0.264 e. The molecule has 8 nitrogen and oxygen atoms in total. The van der Waals surface area contributed by atoms with Gasteiger partial charge in [0.2, 0.25) is 0 Å². The Morgan fingerprint density at radius 2 is 1.15 bits per heavy atom. The predicted octanol–water partition coefficient (Wildman–Crippen LogP) is 7.37. The number of benzene rings is 2. The average molecular weight is 687 g/mol. The zero-order valence-corrected chi connectivity index (χ0v) is 30.9. The van der Waals surface area contributed by atoms with Crippen LogP contribution in [-0.2, 0) is 46.5 Å². The van der Waals surface area contributed by atoms with E-state index in [1.54, 1.807) is 0 Å². The van der Waals surface area contributed by atoms with E-state index < -0.39 is 21.1 Å². The molecule has 4 heterocycles. The molecule has 6 rings (SSSR count). The van der Waals surface area contributed by atoms with Gasteiger partial charge in [-0.2, -0.15) is 8.42 Å². The third kappa shape index (κ3) is 7.30. The first-order valence-electron chi connectivity index (χ1n) is 17.8. The predicted molar refractivity (Wildman–Crippen MR) is 187 cm³/mol. The molecule has 6 atom stereocenters. The molecule has 0 radical (unpaired) electrons. The molecular formula is C39H58O8S. The minimum atomic E-state index is -3.48. The molecule has 4 saturated heterocycles. The molecule has 4 fully saturated rings. The van der Waals surface area contributed by atoms with Crippen LogP contribution < -0.4 is 0 Å². The highest BCUT2D eigenvalue weighted by molar-refractivity contribution is 7.85. The lowest BCUT2D eigenvalue weighted by molar-refractivity contribution is -0.137. The third-order valence-electron chi connectivity index (χ3n) is 12.2. The molecule has 4 aliphatic heterocycles. The summed E-state index contributed by atoms with van der Waals surface area (Å²) in [5.74, 6) is 0. The van der Waals surface area contributed by atoms with Crippen molar-refractivity contribution in [2.24, 2.45) is 10.8 Å². The van der Waals surface area contributed by atoms with E-state index in [2.05, 4.69) is 52.0 Å². The van der Waals surface area contributed by atoms with Crippen molar-refractivity contribution in [1.82, 2.24) is 0 Å². The minimum absolute atomic E-state index is 0.0129. The molecule has 2 aromatic rings. The van der Waals surface area contributed by atoms with Gasteiger partial charge in [0.05, 0.1) is 67.3 Å². The van der Waals surface area contributed by atoms with Crippen LogP contribution in [0.25, 0.3) is 0 Å². The number of hydrogen-bond acceptors (Lipinski definition) is 8. The SMILES string of the molecule is CC[C@@]12CC[C@@](C(C)(C)CO)(C[C@@H]1OCc1ccccc1)O2.CC[C@]12CC[C@](C(C)(C)COS(C)(=O)=O)(C[C@H]1OCc1ccccc1)O2. The fourth-order valence-corrected chi connectivity index (χ4v) is 8.98. The van der Waals surface area contributed by atoms with E-state index in [1.807, 2.05) is 50.2 Å². The molecule has 0 aromatic heterocycles. The van der Waals surface area contributed by atoms with Gasteiger partial charge in [-0.3, -0.25) is 4.18 Å². The molecule has 2 aromatic carbocycles. The Bertz CT molecular complexity index is 1460. The van der Waals surface area contributed by atoms with Gasteiger partial charge in [-0.05, 0) is 49.7 Å². The normalized spacial score (nSPS) is 32.8. The van der Waals surface area contributed by atoms with Gasteiger partial charge < -0.3 is 24.1 Å². The molecule has 0 amide bonds. The van der Waals surface area contributed by atoms with E-state index in [1.165, 1.54) is 5.56 Å². The maximum absolute atomic E-state index is 11.5. The summed E-state index contributed by atoms with van der Waals surface area (Å²) in [6.45, 7) is 14.1. The average Bonchev–Trinajstić information content (AvgIpc) is 3.84. The summed E-state index contributed by atoms with van der Waals surface area (Å²) < 4.78 is 53.8. The van der Waals surface area contributed by atoms with Crippen molar-refractivity contribution in [3.8, 4) is 0 Å². The Morgan fingerprint density at radius 1 is 0.729 bits per heavy atom. The van der Waals surface area contributed by atoms with Gasteiger partial charge in [-0.1, -0.05) is 102 Å². The largest absolute Gasteiger partial charge is 0.396 e. The van der Waals surface area contributed by atoms with Crippen LogP contribution in [0.2, 0.25) is 0 Å². The van der Waals surface area contributed by atoms with E-state index >= 15 is 0 Å². The molecule has 48 heavy (non-hydrogen) atoms. The standard InChI is InChI=1S/C20H30O5S.C19H28O3/c1-5-19-11-12-20(25-19,18(2,3)15-24-26(4,21)22)13-17(19)23-14-16-9-7-6-8-10-16;1-4-18-10-11-19(22-18,17(2,3)14-20)12-16(18)21-13-15-8-6-5-7-9-15/h6-10,17H,5,11-15H2,1-4H3;5-9,16,20H,4,10-14H2,1-3H3/t17-,19+,20-;16-,18+,19-/m10/s1. The Labute approximate surface area is 289 Å². The summed E-state index contributed by atoms with van der Waals surface area (Å²) in [5.41, 5.74) is 0.612. The highest BCUT2D eigenvalue weighted by Gasteiger charge is 2.67. The molecule has 0 saturated carbocycles. The van der Waals surface area contributed by atoms with Crippen molar-refractivity contribution in [1.29, 1.82) is 0 Å². The van der Waals surface area contributed by atoms with Crippen LogP contribution in [0.5, 0.6) is 0 Å². The summed E-state index contributed by atoms with van der Waals surface area (Å²) >= 11 is 0. The molecule has 0 aliphatic carbocycles. The number of ether oxygens (including phenoxy) is 4. The second kappa shape index (κ2) is 14.0. The van der Waals surface area contributed by atoms with Crippen LogP contribution in [0.3, 0.4) is 0 Å². The number of aliphatic hydroxyl groups excluding tert-OH is 1. The summed E-state index contributed by atoms with van der Waals surface area (Å²) in [4.78, 5) is 0. The number of aliphatic hydroxyl groups is 1. The highest BCUT2D eigenvalue weighted by atomic mass is 32.2. The van der Waals surface area contributed by atoms with Crippen LogP contribution in [-0.4, -0.2) is 67.6 Å². The van der Waals surface area contributed by atoms with Crippen molar-refractivity contribution in [2.45, 2.75) is 141 Å². The van der Waals surface area contributed by atoms with Gasteiger partial charge in [0.1, 0.15) is 0 Å². The summed E-state index contributed by atoms with van der Waals surface area (Å²) in [6.07, 6.45) is 8.65. The van der Waals surface area contributed by atoms with Crippen LogP contribution in [0, 0.1) is 10.8 Å². The van der Waals surface area contributed by atoms with E-state index in [-0.39, 0.29) is 47.6 Å². The molecule has 4 bridgehead atoms. The lowest BCUT2D eigenvalue weighted by Crippen LogP contribution is -2.47. The highest BCUT2D eigenvalue weighted by Crippen LogP contribution is 2.61. The van der Waals surface area contributed by atoms with E-state index in [0.29, 0.717) is 13.2 Å². The summed E-state index contributed by atoms with van der Waals surface area (Å²) in [6, 6.07) is 20.5. The van der Waals surface area contributed by atoms with E-state index in [0.717, 1.165) is 63.2 Å². The number of hydrogen-bond donors (Lipinski definition) is 1. The second-order valence-electron chi connectivity index (χ2n) is 15.9. The Kier molecular flexibility index (Phi) is 10.9. The van der Waals surface area contributed by atoms with Gasteiger partial charge in [0, 0.05) is 23.7 Å². The zero-order valence-electron chi connectivity index (χ0n) is 30.1. The van der Waals surface area contributed by atoms with Gasteiger partial charge in [-0.15, -0.1) is 0 Å². The zero-order chi connectivity index (χ0) is 34.9. The maximum Gasteiger partial charge on any atom is 0.264 e. The monoisotopic (exact) mass is 686 g/mol. The topological polar surface area (TPSA) is 101 Å². The quantitative estimate of drug-likeness (QED) is 0.206. The Balaban J connectivity index is 0.000000190. The Hall–Kier alpha value is -1.85. The molecule has 268 valence electrons. The Morgan fingerprint density at radius 3 is 1.52 bits per heavy atom. The van der Waals surface area contributed by atoms with Gasteiger partial charge in [0.15, 0.2) is 0 Å². The van der Waals surface area contributed by atoms with Gasteiger partial charge in [-0.25, -0.2) is 0 Å². The maximum atomic E-state index is 11.5. The van der Waals surface area contributed by atoms with Crippen molar-refractivity contribution in [3.63, 3.8) is 0 Å². The number of rotatable bonds is 14. The lowest BCUT2D eigenvalue weighted by Gasteiger charge is -2.41. The third-order valence-corrected chi connectivity index (χ3v) is 12.7. The van der Waals surface area contributed by atoms with Gasteiger partial charge in [0.25, 0.3) is 10.1 Å². The molecule has 0 unspecified atom stereocenters. The molecule has 4 aliphatic rings. The van der Waals surface area contributed by atoms with Gasteiger partial charge >= 0.3 is 0 Å². The minimum Gasteiger partial charge on any atom is -0.396 e. The van der Waals surface area contributed by atoms with Crippen molar-refractivity contribution in [2.75, 3.05) is 19.5 Å². The second-order valence-corrected chi connectivity index (χ2v) is 17.5. The first-order chi connectivity index (χ1) is 22.6. The first-order valence-corrected chi connectivity index (χ1v) is 19.6. The molecule has 0 spiro atoms. The molecule has 1 N–H and O–H groups in total. The lowest BCUT2D eigenvalue weighted by atomic mass is 9.67. The van der Waals surface area contributed by atoms with Crippen LogP contribution in [0.4, 0.5) is 0 Å². The molecular weight excluding hydrogens is 628 g/mol. The van der Waals surface area contributed by atoms with Crippen molar-refractivity contribution < 1.29 is 36.7 Å². The van der Waals surface area contributed by atoms with E-state index in [9.17, 15) is 13.5 Å². The summed E-state index contributed by atoms with van der Waals surface area (Å²) in [7, 11) is -3.48. The van der Waals surface area contributed by atoms with Crippen LogP contribution in [0.1, 0.15) is 104 Å². The van der Waals surface area contributed by atoms with Crippen LogP contribution >= 0.6 is 0 Å².